The molecule has 9 atom stereocenters. The Labute approximate surface area is 259 Å². The Morgan fingerprint density at radius 1 is 0.907 bits per heavy atom. The molecule has 5 nitrogen and oxygen atoms in total. The van der Waals surface area contributed by atoms with Gasteiger partial charge in [0, 0.05) is 18.0 Å². The van der Waals surface area contributed by atoms with E-state index in [2.05, 4.69) is 65.0 Å². The van der Waals surface area contributed by atoms with E-state index < -0.39 is 0 Å². The SMILES string of the molecule is CC(=O)O/N=C1\CC[C@@]2(C)C(CC[C@]3(C)C2CC=C2C4[C@@H](C)[C@H](C)CC[C@]4(C(=O)Nc4ccccc4)CC[C@]23C)C1(C)C. The van der Waals surface area contributed by atoms with Crippen molar-refractivity contribution in [2.24, 2.45) is 61.8 Å². The predicted molar refractivity (Wildman–Crippen MR) is 173 cm³/mol. The molecular formula is C38H54N2O3. The number of oxime groups is 1. The summed E-state index contributed by atoms with van der Waals surface area (Å²) in [5.74, 6) is 2.33. The lowest BCUT2D eigenvalue weighted by Gasteiger charge is -2.71. The molecule has 6 rings (SSSR count). The number of amides is 1. The van der Waals surface area contributed by atoms with E-state index in [0.717, 1.165) is 62.8 Å². The first kappa shape index (κ1) is 30.6. The first-order chi connectivity index (χ1) is 20.2. The second-order valence-corrected chi connectivity index (χ2v) is 16.5. The smallest absolute Gasteiger partial charge is 0.326 e. The molecule has 234 valence electrons. The number of allylic oxidation sites excluding steroid dienone is 2. The lowest BCUT2D eigenvalue weighted by Crippen LogP contribution is -2.65. The molecule has 0 saturated heterocycles. The molecule has 0 bridgehead atoms. The van der Waals surface area contributed by atoms with Crippen LogP contribution in [0.1, 0.15) is 113 Å². The van der Waals surface area contributed by atoms with Gasteiger partial charge in [-0.1, -0.05) is 83.5 Å². The summed E-state index contributed by atoms with van der Waals surface area (Å²) in [6.07, 6.45) is 12.2. The molecule has 0 heterocycles. The van der Waals surface area contributed by atoms with E-state index in [9.17, 15) is 9.59 Å². The molecule has 43 heavy (non-hydrogen) atoms. The molecule has 5 aliphatic carbocycles. The summed E-state index contributed by atoms with van der Waals surface area (Å²) < 4.78 is 0. The second-order valence-electron chi connectivity index (χ2n) is 16.5. The molecule has 1 N–H and O–H groups in total. The van der Waals surface area contributed by atoms with Crippen LogP contribution < -0.4 is 5.32 Å². The van der Waals surface area contributed by atoms with Crippen molar-refractivity contribution in [1.82, 2.24) is 0 Å². The zero-order valence-electron chi connectivity index (χ0n) is 27.9. The Balaban J connectivity index is 1.38. The van der Waals surface area contributed by atoms with Crippen molar-refractivity contribution in [1.29, 1.82) is 0 Å². The fourth-order valence-electron chi connectivity index (χ4n) is 11.8. The van der Waals surface area contributed by atoms with Gasteiger partial charge in [-0.2, -0.15) is 0 Å². The highest BCUT2D eigenvalue weighted by atomic mass is 16.7. The number of carbonyl (C=O) groups is 2. The lowest BCUT2D eigenvalue weighted by atomic mass is 9.33. The molecule has 0 aliphatic heterocycles. The summed E-state index contributed by atoms with van der Waals surface area (Å²) in [5.41, 5.74) is 3.54. The number of rotatable bonds is 3. The fraction of sp³-hybridized carbons (Fsp3) is 0.711. The molecule has 0 spiro atoms. The summed E-state index contributed by atoms with van der Waals surface area (Å²) in [6, 6.07) is 10.1. The van der Waals surface area contributed by atoms with Crippen LogP contribution in [0.3, 0.4) is 0 Å². The standard InChI is InChI=1S/C38H54N2O3/c1-24-16-21-38(33(42)39-27-12-10-9-11-13-27)23-22-36(7)28(32(38)25(24)2)14-15-30-35(6)19-18-31(40-43-26(3)41)34(4,5)29(35)17-20-37(30,36)8/h9-14,24-25,29-30,32H,15-23H2,1-8H3,(H,39,42)/b40-31+/t24-,25+,29?,30?,32?,35+,36-,37-,38+/m1/s1. The maximum absolute atomic E-state index is 14.4. The van der Waals surface area contributed by atoms with E-state index in [-0.39, 0.29) is 44.9 Å². The van der Waals surface area contributed by atoms with E-state index in [0.29, 0.717) is 23.7 Å². The van der Waals surface area contributed by atoms with Crippen molar-refractivity contribution in [2.75, 3.05) is 5.32 Å². The van der Waals surface area contributed by atoms with Crippen molar-refractivity contribution >= 4 is 23.3 Å². The number of benzene rings is 1. The molecule has 4 fully saturated rings. The van der Waals surface area contributed by atoms with E-state index in [1.807, 2.05) is 30.3 Å². The van der Waals surface area contributed by atoms with Gasteiger partial charge in [0.05, 0.1) is 11.1 Å². The number of carbonyl (C=O) groups excluding carboxylic acids is 2. The number of hydrogen-bond donors (Lipinski definition) is 1. The van der Waals surface area contributed by atoms with Crippen LogP contribution in [-0.4, -0.2) is 17.6 Å². The third-order valence-electron chi connectivity index (χ3n) is 14.5. The Morgan fingerprint density at radius 2 is 1.63 bits per heavy atom. The lowest BCUT2D eigenvalue weighted by molar-refractivity contribution is -0.171. The Morgan fingerprint density at radius 3 is 2.33 bits per heavy atom. The normalized spacial score (nSPS) is 44.1. The van der Waals surface area contributed by atoms with Gasteiger partial charge in [0.15, 0.2) is 0 Å². The van der Waals surface area contributed by atoms with Crippen LogP contribution in [0.4, 0.5) is 5.69 Å². The summed E-state index contributed by atoms with van der Waals surface area (Å²) in [6.45, 7) is 18.7. The molecule has 5 heteroatoms. The van der Waals surface area contributed by atoms with Gasteiger partial charge >= 0.3 is 5.97 Å². The first-order valence-corrected chi connectivity index (χ1v) is 17.0. The van der Waals surface area contributed by atoms with Crippen molar-refractivity contribution in [3.05, 3.63) is 42.0 Å². The van der Waals surface area contributed by atoms with Crippen LogP contribution in [-0.2, 0) is 14.4 Å². The Bertz CT molecular complexity index is 1350. The van der Waals surface area contributed by atoms with Crippen LogP contribution in [0.5, 0.6) is 0 Å². The molecule has 0 aromatic heterocycles. The third-order valence-corrected chi connectivity index (χ3v) is 14.5. The molecule has 5 aliphatic rings. The van der Waals surface area contributed by atoms with Crippen LogP contribution in [0.2, 0.25) is 0 Å². The van der Waals surface area contributed by atoms with E-state index in [1.165, 1.54) is 13.3 Å². The zero-order valence-corrected chi connectivity index (χ0v) is 27.9. The van der Waals surface area contributed by atoms with Gasteiger partial charge in [0.1, 0.15) is 0 Å². The van der Waals surface area contributed by atoms with Gasteiger partial charge in [-0.15, -0.1) is 0 Å². The average molecular weight is 587 g/mol. The summed E-state index contributed by atoms with van der Waals surface area (Å²) >= 11 is 0. The van der Waals surface area contributed by atoms with Crippen LogP contribution in [0, 0.1) is 56.7 Å². The largest absolute Gasteiger partial charge is 0.331 e. The molecule has 4 saturated carbocycles. The minimum atomic E-state index is -0.345. The van der Waals surface area contributed by atoms with E-state index >= 15 is 0 Å². The topological polar surface area (TPSA) is 67.8 Å². The minimum absolute atomic E-state index is 0.0761. The molecule has 0 radical (unpaired) electrons. The fourth-order valence-corrected chi connectivity index (χ4v) is 11.8. The Kier molecular flexibility index (Phi) is 7.33. The quantitative estimate of drug-likeness (QED) is 0.218. The summed E-state index contributed by atoms with van der Waals surface area (Å²) in [5, 5.41) is 7.77. The number of nitrogens with zero attached hydrogens (tertiary/aromatic N) is 1. The highest BCUT2D eigenvalue weighted by Crippen LogP contribution is 2.75. The van der Waals surface area contributed by atoms with Crippen molar-refractivity contribution in [2.45, 2.75) is 113 Å². The van der Waals surface area contributed by atoms with Gasteiger partial charge in [0.25, 0.3) is 0 Å². The van der Waals surface area contributed by atoms with E-state index in [4.69, 9.17) is 4.84 Å². The zero-order chi connectivity index (χ0) is 31.0. The number of anilines is 1. The second kappa shape index (κ2) is 10.3. The van der Waals surface area contributed by atoms with Gasteiger partial charge in [-0.05, 0) is 116 Å². The van der Waals surface area contributed by atoms with E-state index in [1.54, 1.807) is 5.57 Å². The number of hydrogen-bond acceptors (Lipinski definition) is 4. The predicted octanol–water partition coefficient (Wildman–Crippen LogP) is 9.20. The maximum atomic E-state index is 14.4. The van der Waals surface area contributed by atoms with Gasteiger partial charge < -0.3 is 10.2 Å². The molecule has 1 aromatic carbocycles. The highest BCUT2D eigenvalue weighted by Gasteiger charge is 2.69. The summed E-state index contributed by atoms with van der Waals surface area (Å²) in [7, 11) is 0. The van der Waals surface area contributed by atoms with Crippen molar-refractivity contribution in [3.8, 4) is 0 Å². The highest BCUT2D eigenvalue weighted by molar-refractivity contribution is 5.96. The molecule has 1 aromatic rings. The van der Waals surface area contributed by atoms with Crippen LogP contribution >= 0.6 is 0 Å². The monoisotopic (exact) mass is 586 g/mol. The molecule has 3 unspecified atom stereocenters. The third kappa shape index (κ3) is 4.33. The van der Waals surface area contributed by atoms with Crippen molar-refractivity contribution < 1.29 is 14.4 Å². The number of para-hydroxylation sites is 1. The first-order valence-electron chi connectivity index (χ1n) is 17.0. The Hall–Kier alpha value is -2.43. The summed E-state index contributed by atoms with van der Waals surface area (Å²) in [4.78, 5) is 31.1. The average Bonchev–Trinajstić information content (AvgIpc) is 2.95. The van der Waals surface area contributed by atoms with Gasteiger partial charge in [-0.25, -0.2) is 4.79 Å². The van der Waals surface area contributed by atoms with Gasteiger partial charge in [0.2, 0.25) is 5.91 Å². The number of fused-ring (bicyclic) bond motifs is 7. The van der Waals surface area contributed by atoms with Crippen LogP contribution in [0.15, 0.2) is 47.1 Å². The van der Waals surface area contributed by atoms with Gasteiger partial charge in [-0.3, -0.25) is 4.79 Å². The molecule has 1 amide bonds. The molecular weight excluding hydrogens is 532 g/mol. The van der Waals surface area contributed by atoms with Crippen LogP contribution in [0.25, 0.3) is 0 Å². The van der Waals surface area contributed by atoms with Crippen molar-refractivity contribution in [3.63, 3.8) is 0 Å². The minimum Gasteiger partial charge on any atom is -0.326 e. The number of nitrogens with one attached hydrogen (secondary N) is 1. The maximum Gasteiger partial charge on any atom is 0.331 e.